The zero-order chi connectivity index (χ0) is 63.7. The molecule has 16 unspecified atom stereocenters. The van der Waals surface area contributed by atoms with Crippen molar-refractivity contribution >= 4 is 0 Å². The third kappa shape index (κ3) is 13.1. The van der Waals surface area contributed by atoms with E-state index in [2.05, 4.69) is 82.4 Å². The molecule has 9 fully saturated rings. The molecule has 8 aromatic heterocycles. The highest BCUT2D eigenvalue weighted by Gasteiger charge is 2.60. The minimum Gasteiger partial charge on any atom is -0.485 e. The van der Waals surface area contributed by atoms with Crippen LogP contribution < -0.4 is 80.4 Å². The second-order valence-electron chi connectivity index (χ2n) is 27.1. The number of nitrogens with one attached hydrogen (secondary N) is 8. The van der Waals surface area contributed by atoms with Crippen LogP contribution in [0.3, 0.4) is 0 Å². The lowest BCUT2D eigenvalue weighted by molar-refractivity contribution is -0.0325. The molecule has 0 amide bonds. The molecule has 8 bridgehead atoms. The molecule has 5 aliphatic heterocycles. The fourth-order valence-corrected chi connectivity index (χ4v) is 17.5. The maximum Gasteiger partial charge on any atom is 0.138 e. The van der Waals surface area contributed by atoms with Gasteiger partial charge in [-0.2, -0.15) is 0 Å². The minimum absolute atomic E-state index is 0.0595. The molecule has 8 N–H and O–H groups in total. The van der Waals surface area contributed by atoms with E-state index in [1.807, 2.05) is 97.1 Å². The van der Waals surface area contributed by atoms with E-state index in [1.165, 1.54) is 0 Å². The summed E-state index contributed by atoms with van der Waals surface area (Å²) in [7, 11) is 0. The average molecular weight is 1300 g/mol. The minimum atomic E-state index is -0.334. The quantitative estimate of drug-likeness (QED) is 0.0533. The van der Waals surface area contributed by atoms with Gasteiger partial charge in [0.15, 0.2) is 0 Å². The van der Waals surface area contributed by atoms with E-state index < -0.39 is 0 Å². The zero-order valence-corrected chi connectivity index (χ0v) is 52.8. The van der Waals surface area contributed by atoms with Crippen molar-refractivity contribution in [2.45, 2.75) is 150 Å². The van der Waals surface area contributed by atoms with Crippen LogP contribution in [0.1, 0.15) is 51.4 Å². The third-order valence-electron chi connectivity index (χ3n) is 21.6. The fourth-order valence-electron chi connectivity index (χ4n) is 17.5. The third-order valence-corrected chi connectivity index (χ3v) is 21.6. The van der Waals surface area contributed by atoms with Crippen LogP contribution in [0.5, 0.6) is 46.0 Å². The van der Waals surface area contributed by atoms with E-state index in [4.69, 9.17) is 37.9 Å². The topological polar surface area (TPSA) is 273 Å². The summed E-state index contributed by atoms with van der Waals surface area (Å²) < 4.78 is 56.3. The summed E-state index contributed by atoms with van der Waals surface area (Å²) in [6, 6.07) is 31.1. The molecule has 24 heteroatoms. The smallest absolute Gasteiger partial charge is 0.138 e. The lowest BCUT2D eigenvalue weighted by Crippen LogP contribution is -2.61. The molecule has 24 nitrogen and oxygen atoms in total. The molecule has 0 radical (unpaired) electrons. The van der Waals surface area contributed by atoms with Gasteiger partial charge in [0.05, 0.1) is 98.9 Å². The molecule has 8 aromatic rings. The largest absolute Gasteiger partial charge is 0.485 e. The molecule has 496 valence electrons. The lowest BCUT2D eigenvalue weighted by atomic mass is 9.73. The number of rotatable bonds is 16. The van der Waals surface area contributed by atoms with Crippen LogP contribution >= 0.6 is 0 Å². The van der Waals surface area contributed by atoms with Gasteiger partial charge >= 0.3 is 0 Å². The Morgan fingerprint density at radius 1 is 0.198 bits per heavy atom. The molecule has 4 aliphatic carbocycles. The van der Waals surface area contributed by atoms with E-state index in [0.717, 1.165) is 0 Å². The van der Waals surface area contributed by atoms with Crippen molar-refractivity contribution in [3.8, 4) is 46.0 Å². The van der Waals surface area contributed by atoms with Crippen molar-refractivity contribution in [3.05, 3.63) is 196 Å². The Hall–Kier alpha value is -8.72. The highest BCUT2D eigenvalue weighted by atomic mass is 16.6. The highest BCUT2D eigenvalue weighted by Crippen LogP contribution is 2.49. The molecule has 9 aliphatic rings. The van der Waals surface area contributed by atoms with Gasteiger partial charge in [-0.3, -0.25) is 82.4 Å². The Labute approximate surface area is 557 Å². The predicted octanol–water partition coefficient (Wildman–Crippen LogP) is 6.23. The Morgan fingerprint density at radius 3 is 0.427 bits per heavy atom. The number of fused-ring (bicyclic) bond motifs is 20. The molecular weight excluding hydrogens is 1220 g/mol. The average Bonchev–Trinajstić information content (AvgIpc) is 1.59. The van der Waals surface area contributed by atoms with Gasteiger partial charge in [-0.05, 0) is 196 Å². The molecule has 4 saturated carbocycles. The van der Waals surface area contributed by atoms with Gasteiger partial charge in [0.2, 0.25) is 0 Å². The highest BCUT2D eigenvalue weighted by molar-refractivity contribution is 5.26. The van der Waals surface area contributed by atoms with Crippen LogP contribution in [0.25, 0.3) is 0 Å². The van der Waals surface area contributed by atoms with Crippen LogP contribution in [0, 0.1) is 47.3 Å². The zero-order valence-electron chi connectivity index (χ0n) is 52.8. The lowest BCUT2D eigenvalue weighted by Gasteiger charge is -2.43. The number of hydrogen-bond donors (Lipinski definition) is 8. The summed E-state index contributed by atoms with van der Waals surface area (Å²) >= 11 is 0. The van der Waals surface area contributed by atoms with Crippen LogP contribution in [0.2, 0.25) is 0 Å². The van der Waals surface area contributed by atoms with E-state index in [9.17, 15) is 0 Å². The van der Waals surface area contributed by atoms with Crippen molar-refractivity contribution < 1.29 is 37.9 Å². The molecule has 0 aromatic carbocycles. The number of ether oxygens (including phenoxy) is 8. The number of hydrogen-bond acceptors (Lipinski definition) is 24. The summed E-state index contributed by atoms with van der Waals surface area (Å²) in [5, 5.41) is 34.5. The normalized spacial score (nSPS) is 36.5. The first kappa shape index (κ1) is 60.9. The summed E-state index contributed by atoms with van der Waals surface area (Å²) in [5.74, 6) is 6.00. The van der Waals surface area contributed by atoms with E-state index >= 15 is 0 Å². The summed E-state index contributed by atoms with van der Waals surface area (Å²) in [6.45, 7) is 0. The van der Waals surface area contributed by atoms with Crippen molar-refractivity contribution in [2.24, 2.45) is 47.3 Å². The Morgan fingerprint density at radius 2 is 0.323 bits per heavy atom. The molecule has 16 atom stereocenters. The molecule has 5 saturated heterocycles. The SMILES string of the molecule is c1cncc(OC2CC3C4NC(NC5NC(NC6NC(NC7NC(N4)C4CC(Oc8cccnc8)C(Oc8cccnc8)CC74)C4CC(Oc7cccnc7)C(Oc7cccnc7)CC64)C4CC(Oc6cccnc6)C(Oc6cccnc6)CC54)C3CC2Oc2cccnc2)c1. The predicted molar refractivity (Wildman–Crippen MR) is 349 cm³/mol. The maximum atomic E-state index is 7.04. The van der Waals surface area contributed by atoms with Crippen LogP contribution in [0.4, 0.5) is 0 Å². The van der Waals surface area contributed by atoms with Crippen LogP contribution in [-0.2, 0) is 0 Å². The fraction of sp³-hybridized carbons (Fsp3) is 0.444. The standard InChI is InChI=1S/C72H80N16O8/c1-9-41(33-73-17-1)89-57-25-49-50(26-58(57)90-42-10-2-18-74-34-42)66-81-65(49)85-67-51-27-59(91-43-11-3-19-75-35-43)60(92-44-12-4-20-76-36-44)28-52(51)69(82-67)87-71-55-31-63(95-47-15-7-23-79-39-47)64(96-48-16-8-24-80-40-48)32-56(55)72(84-71)88-70-54-30-62(94-46-14-6-22-78-38-46)61(29-53(54)68(83-70)86-66)93-45-13-5-21-77-37-45/h1-24,33-40,49-72,81-88H,25-32H2. The van der Waals surface area contributed by atoms with Crippen LogP contribution in [0.15, 0.2) is 196 Å². The van der Waals surface area contributed by atoms with Crippen molar-refractivity contribution in [1.29, 1.82) is 0 Å². The van der Waals surface area contributed by atoms with Gasteiger partial charge < -0.3 is 37.9 Å². The van der Waals surface area contributed by atoms with Crippen molar-refractivity contribution in [1.82, 2.24) is 82.4 Å². The second-order valence-corrected chi connectivity index (χ2v) is 27.1. The maximum absolute atomic E-state index is 7.04. The van der Waals surface area contributed by atoms with Gasteiger partial charge in [0, 0.05) is 49.6 Å². The van der Waals surface area contributed by atoms with Gasteiger partial charge in [-0.25, -0.2) is 0 Å². The van der Waals surface area contributed by atoms with E-state index in [1.54, 1.807) is 99.1 Å². The number of pyridine rings is 8. The summed E-state index contributed by atoms with van der Waals surface area (Å²) in [4.78, 5) is 35.8. The van der Waals surface area contributed by atoms with E-state index in [0.29, 0.717) is 97.4 Å². The molecule has 0 spiro atoms. The van der Waals surface area contributed by atoms with Crippen molar-refractivity contribution in [3.63, 3.8) is 0 Å². The van der Waals surface area contributed by atoms with Gasteiger partial charge in [0.1, 0.15) is 94.8 Å². The monoisotopic (exact) mass is 1300 g/mol. The molecule has 17 rings (SSSR count). The molecular formula is C72H80N16O8. The Bertz CT molecular complexity index is 3050. The van der Waals surface area contributed by atoms with Gasteiger partial charge in [0.25, 0.3) is 0 Å². The van der Waals surface area contributed by atoms with Gasteiger partial charge in [-0.1, -0.05) is 0 Å². The number of aromatic nitrogens is 8. The van der Waals surface area contributed by atoms with Crippen molar-refractivity contribution in [2.75, 3.05) is 0 Å². The van der Waals surface area contributed by atoms with Crippen LogP contribution in [-0.4, -0.2) is 138 Å². The van der Waals surface area contributed by atoms with E-state index in [-0.39, 0.29) is 146 Å². The Balaban J connectivity index is 0.766. The first-order valence-corrected chi connectivity index (χ1v) is 34.1. The summed E-state index contributed by atoms with van der Waals surface area (Å²) in [6.07, 6.45) is 29.6. The Kier molecular flexibility index (Phi) is 17.4. The molecule has 13 heterocycles. The summed E-state index contributed by atoms with van der Waals surface area (Å²) in [5.41, 5.74) is 0. The second kappa shape index (κ2) is 27.4. The van der Waals surface area contributed by atoms with Gasteiger partial charge in [-0.15, -0.1) is 0 Å². The molecule has 96 heavy (non-hydrogen) atoms. The first-order chi connectivity index (χ1) is 47.5. The first-order valence-electron chi connectivity index (χ1n) is 34.1. The number of nitrogens with zero attached hydrogens (tertiary/aromatic N) is 8.